The highest BCUT2D eigenvalue weighted by Crippen LogP contribution is 2.48. The normalized spacial score (nSPS) is 26.9. The molecule has 2 aromatic rings. The van der Waals surface area contributed by atoms with E-state index in [1.807, 2.05) is 6.07 Å². The minimum Gasteiger partial charge on any atom is -0.465 e. The summed E-state index contributed by atoms with van der Waals surface area (Å²) in [5.41, 5.74) is 1.53. The molecule has 2 aromatic carbocycles. The summed E-state index contributed by atoms with van der Waals surface area (Å²) >= 11 is 0. The first-order valence-corrected chi connectivity index (χ1v) is 11.4. The van der Waals surface area contributed by atoms with E-state index in [9.17, 15) is 9.18 Å². The van der Waals surface area contributed by atoms with E-state index in [4.69, 9.17) is 4.74 Å². The van der Waals surface area contributed by atoms with Crippen LogP contribution in [0.1, 0.15) is 86.6 Å². The third-order valence-electron chi connectivity index (χ3n) is 7.51. The van der Waals surface area contributed by atoms with Gasteiger partial charge in [-0.3, -0.25) is 0 Å². The molecule has 2 aliphatic rings. The van der Waals surface area contributed by atoms with Crippen LogP contribution in [0.15, 0.2) is 30.3 Å². The molecule has 2 saturated carbocycles. The van der Waals surface area contributed by atoms with Crippen molar-refractivity contribution in [2.24, 2.45) is 17.8 Å². The molecular formula is C26H33FO2. The molecule has 0 saturated heterocycles. The molecule has 2 unspecified atom stereocenters. The summed E-state index contributed by atoms with van der Waals surface area (Å²) in [4.78, 5) is 11.8. The van der Waals surface area contributed by atoms with Crippen molar-refractivity contribution in [3.05, 3.63) is 47.3 Å². The van der Waals surface area contributed by atoms with Gasteiger partial charge < -0.3 is 4.74 Å². The first-order valence-electron chi connectivity index (χ1n) is 11.4. The molecule has 2 fully saturated rings. The lowest BCUT2D eigenvalue weighted by Crippen LogP contribution is -2.30. The zero-order valence-electron chi connectivity index (χ0n) is 17.8. The van der Waals surface area contributed by atoms with Crippen LogP contribution in [0.2, 0.25) is 0 Å². The molecule has 0 radical (unpaired) electrons. The number of hydrogen-bond acceptors (Lipinski definition) is 2. The van der Waals surface area contributed by atoms with E-state index in [1.165, 1.54) is 64.9 Å². The third-order valence-corrected chi connectivity index (χ3v) is 7.51. The van der Waals surface area contributed by atoms with Gasteiger partial charge in [-0.15, -0.1) is 0 Å². The average Bonchev–Trinajstić information content (AvgIpc) is 2.76. The highest BCUT2D eigenvalue weighted by molar-refractivity contribution is 5.95. The van der Waals surface area contributed by atoms with Gasteiger partial charge in [-0.25, -0.2) is 9.18 Å². The minimum absolute atomic E-state index is 0.228. The van der Waals surface area contributed by atoms with Gasteiger partial charge in [-0.05, 0) is 84.9 Å². The summed E-state index contributed by atoms with van der Waals surface area (Å²) in [6, 6.07) is 9.03. The molecule has 0 heterocycles. The molecule has 2 nitrogen and oxygen atoms in total. The molecule has 29 heavy (non-hydrogen) atoms. The Labute approximate surface area is 173 Å². The quantitative estimate of drug-likeness (QED) is 0.497. The van der Waals surface area contributed by atoms with Crippen LogP contribution >= 0.6 is 0 Å². The molecule has 0 amide bonds. The van der Waals surface area contributed by atoms with Gasteiger partial charge in [0, 0.05) is 5.39 Å². The van der Waals surface area contributed by atoms with E-state index in [-0.39, 0.29) is 5.82 Å². The van der Waals surface area contributed by atoms with Crippen molar-refractivity contribution in [1.82, 2.24) is 0 Å². The molecular weight excluding hydrogens is 363 g/mol. The van der Waals surface area contributed by atoms with Crippen LogP contribution < -0.4 is 0 Å². The fourth-order valence-corrected chi connectivity index (χ4v) is 5.86. The van der Waals surface area contributed by atoms with Crippen molar-refractivity contribution in [3.63, 3.8) is 0 Å². The largest absolute Gasteiger partial charge is 0.465 e. The Morgan fingerprint density at radius 2 is 1.86 bits per heavy atom. The van der Waals surface area contributed by atoms with Gasteiger partial charge in [-0.1, -0.05) is 44.7 Å². The van der Waals surface area contributed by atoms with Gasteiger partial charge in [-0.2, -0.15) is 0 Å². The number of unbranched alkanes of at least 4 members (excludes halogenated alkanes) is 1. The van der Waals surface area contributed by atoms with Gasteiger partial charge in [0.15, 0.2) is 0 Å². The van der Waals surface area contributed by atoms with E-state index in [2.05, 4.69) is 13.0 Å². The summed E-state index contributed by atoms with van der Waals surface area (Å²) < 4.78 is 19.7. The number of ether oxygens (including phenoxy) is 1. The topological polar surface area (TPSA) is 26.3 Å². The van der Waals surface area contributed by atoms with Crippen LogP contribution in [0.25, 0.3) is 10.8 Å². The standard InChI is InChI=1S/C26H33FO2/c1-3-4-5-17-6-7-19-13-20(9-8-18(19)12-17)23-14-21-10-11-22(26(28)29-2)15-24(21)25(27)16-23/h10-11,14-20H,3-9,12-13H2,1-2H3/t17?,18-,19+,20?/m0/s1. The van der Waals surface area contributed by atoms with Crippen molar-refractivity contribution >= 4 is 16.7 Å². The third kappa shape index (κ3) is 4.34. The first kappa shape index (κ1) is 20.4. The smallest absolute Gasteiger partial charge is 0.337 e. The van der Waals surface area contributed by atoms with Crippen LogP contribution in [0.5, 0.6) is 0 Å². The Morgan fingerprint density at radius 1 is 1.07 bits per heavy atom. The molecule has 0 aliphatic heterocycles. The predicted octanol–water partition coefficient (Wildman–Crippen LogP) is 7.26. The zero-order valence-corrected chi connectivity index (χ0v) is 17.8. The fourth-order valence-electron chi connectivity index (χ4n) is 5.86. The molecule has 4 rings (SSSR count). The van der Waals surface area contributed by atoms with Crippen LogP contribution in [0.4, 0.5) is 4.39 Å². The molecule has 0 spiro atoms. The Bertz CT molecular complexity index is 874. The fraction of sp³-hybridized carbons (Fsp3) is 0.577. The number of methoxy groups -OCH3 is 1. The average molecular weight is 397 g/mol. The second kappa shape index (κ2) is 8.85. The SMILES string of the molecule is CCCCC1CC[C@@H]2CC(c3cc(F)c4cc(C(=O)OC)ccc4c3)CC[C@H]2C1. The van der Waals surface area contributed by atoms with Gasteiger partial charge in [0.2, 0.25) is 0 Å². The van der Waals surface area contributed by atoms with E-state index in [0.717, 1.165) is 28.7 Å². The van der Waals surface area contributed by atoms with E-state index in [0.29, 0.717) is 16.9 Å². The van der Waals surface area contributed by atoms with Crippen molar-refractivity contribution in [1.29, 1.82) is 0 Å². The van der Waals surface area contributed by atoms with Crippen molar-refractivity contribution in [2.45, 2.75) is 70.6 Å². The number of benzene rings is 2. The maximum Gasteiger partial charge on any atom is 0.337 e. The van der Waals surface area contributed by atoms with E-state index in [1.54, 1.807) is 18.2 Å². The van der Waals surface area contributed by atoms with Gasteiger partial charge >= 0.3 is 5.97 Å². The molecule has 3 heteroatoms. The zero-order chi connectivity index (χ0) is 20.4. The Morgan fingerprint density at radius 3 is 2.66 bits per heavy atom. The molecule has 0 N–H and O–H groups in total. The second-order valence-electron chi connectivity index (χ2n) is 9.28. The maximum absolute atomic E-state index is 14.9. The maximum atomic E-state index is 14.9. The lowest BCUT2D eigenvalue weighted by Gasteiger charge is -2.42. The first-order chi connectivity index (χ1) is 14.1. The number of esters is 1. The minimum atomic E-state index is -0.428. The molecule has 0 aromatic heterocycles. The monoisotopic (exact) mass is 396 g/mol. The van der Waals surface area contributed by atoms with Crippen LogP contribution in [0.3, 0.4) is 0 Å². The number of carbonyl (C=O) groups is 1. The van der Waals surface area contributed by atoms with Crippen molar-refractivity contribution in [2.75, 3.05) is 7.11 Å². The number of hydrogen-bond donors (Lipinski definition) is 0. The summed E-state index contributed by atoms with van der Waals surface area (Å²) in [6.45, 7) is 2.29. The summed E-state index contributed by atoms with van der Waals surface area (Å²) in [5, 5.41) is 1.37. The highest BCUT2D eigenvalue weighted by atomic mass is 19.1. The molecule has 156 valence electrons. The summed E-state index contributed by atoms with van der Waals surface area (Å²) in [6.07, 6.45) is 11.9. The molecule has 2 aliphatic carbocycles. The molecule has 0 bridgehead atoms. The van der Waals surface area contributed by atoms with Crippen molar-refractivity contribution in [3.8, 4) is 0 Å². The Hall–Kier alpha value is -1.90. The van der Waals surface area contributed by atoms with Crippen LogP contribution in [0, 0.1) is 23.6 Å². The number of rotatable bonds is 5. The van der Waals surface area contributed by atoms with E-state index < -0.39 is 5.97 Å². The van der Waals surface area contributed by atoms with E-state index >= 15 is 0 Å². The number of halogens is 1. The summed E-state index contributed by atoms with van der Waals surface area (Å²) in [7, 11) is 1.35. The van der Waals surface area contributed by atoms with Gasteiger partial charge in [0.1, 0.15) is 5.82 Å². The number of fused-ring (bicyclic) bond motifs is 2. The van der Waals surface area contributed by atoms with Gasteiger partial charge in [0.25, 0.3) is 0 Å². The van der Waals surface area contributed by atoms with Crippen molar-refractivity contribution < 1.29 is 13.9 Å². The lowest BCUT2D eigenvalue weighted by atomic mass is 9.63. The predicted molar refractivity (Wildman–Crippen MR) is 116 cm³/mol. The number of carbonyl (C=O) groups excluding carboxylic acids is 1. The Kier molecular flexibility index (Phi) is 6.22. The molecule has 4 atom stereocenters. The Balaban J connectivity index is 1.49. The van der Waals surface area contributed by atoms with Gasteiger partial charge in [0.05, 0.1) is 12.7 Å². The second-order valence-corrected chi connectivity index (χ2v) is 9.28. The summed E-state index contributed by atoms with van der Waals surface area (Å²) in [5.74, 6) is 2.44. The van der Waals surface area contributed by atoms with Crippen LogP contribution in [-0.4, -0.2) is 13.1 Å². The highest BCUT2D eigenvalue weighted by Gasteiger charge is 2.36. The van der Waals surface area contributed by atoms with Crippen LogP contribution in [-0.2, 0) is 4.74 Å². The lowest BCUT2D eigenvalue weighted by molar-refractivity contribution is 0.0601.